The Balaban J connectivity index is 0.00000300. The van der Waals surface area contributed by atoms with E-state index >= 15 is 0 Å². The minimum atomic E-state index is -0.261. The average Bonchev–Trinajstić information content (AvgIpc) is 3.37. The summed E-state index contributed by atoms with van der Waals surface area (Å²) in [6, 6.07) is 11.0. The summed E-state index contributed by atoms with van der Waals surface area (Å²) in [7, 11) is 0. The van der Waals surface area contributed by atoms with Gasteiger partial charge in [-0.05, 0) is 62.3 Å². The maximum Gasteiger partial charge on any atom is 0.291 e. The van der Waals surface area contributed by atoms with E-state index in [0.717, 1.165) is 30.3 Å². The van der Waals surface area contributed by atoms with E-state index in [1.165, 1.54) is 24.9 Å². The lowest BCUT2D eigenvalue weighted by atomic mass is 10.1. The van der Waals surface area contributed by atoms with Crippen molar-refractivity contribution in [3.8, 4) is 0 Å². The number of hydrogen-bond acceptors (Lipinski definition) is 4. The van der Waals surface area contributed by atoms with E-state index in [1.54, 1.807) is 12.1 Å². The summed E-state index contributed by atoms with van der Waals surface area (Å²) in [5.41, 5.74) is 1.75. The summed E-state index contributed by atoms with van der Waals surface area (Å²) in [5, 5.41) is 9.63. The third kappa shape index (κ3) is 7.26. The zero-order valence-electron chi connectivity index (χ0n) is 16.9. The van der Waals surface area contributed by atoms with Gasteiger partial charge in [0.15, 0.2) is 11.7 Å². The summed E-state index contributed by atoms with van der Waals surface area (Å²) in [4.78, 5) is 16.8. The first-order valence-electron chi connectivity index (χ1n) is 9.68. The van der Waals surface area contributed by atoms with Gasteiger partial charge in [0.1, 0.15) is 0 Å². The van der Waals surface area contributed by atoms with Gasteiger partial charge in [0.05, 0.1) is 12.8 Å². The Bertz CT molecular complexity index is 805. The molecule has 1 aromatic heterocycles. The monoisotopic (exact) mass is 528 g/mol. The van der Waals surface area contributed by atoms with E-state index < -0.39 is 0 Å². The average molecular weight is 528 g/mol. The van der Waals surface area contributed by atoms with E-state index in [1.807, 2.05) is 36.0 Å². The highest BCUT2D eigenvalue weighted by Crippen LogP contribution is 2.36. The van der Waals surface area contributed by atoms with Gasteiger partial charge in [-0.3, -0.25) is 4.79 Å². The lowest BCUT2D eigenvalue weighted by Gasteiger charge is -2.24. The number of amides is 1. The predicted molar refractivity (Wildman–Crippen MR) is 131 cm³/mol. The summed E-state index contributed by atoms with van der Waals surface area (Å²) >= 11 is 2.03. The Labute approximate surface area is 193 Å². The molecule has 0 bridgehead atoms. The van der Waals surface area contributed by atoms with Crippen LogP contribution in [0.25, 0.3) is 0 Å². The summed E-state index contributed by atoms with van der Waals surface area (Å²) < 4.78 is 5.41. The molecular formula is C21H29IN4O2S. The standard InChI is InChI=1S/C21H28N4O2S.HI/c1-3-22-20(24-15-21(2)10-6-12-28-21)23-14-16-7-4-8-17(13-16)25-19(26)18-9-5-11-27-18;/h4-5,7-9,11,13H,3,6,10,12,14-15H2,1-2H3,(H,25,26)(H2,22,23,24);1H. The molecule has 1 unspecified atom stereocenters. The van der Waals surface area contributed by atoms with Crippen LogP contribution in [0.15, 0.2) is 52.1 Å². The Morgan fingerprint density at radius 2 is 2.14 bits per heavy atom. The molecule has 1 saturated heterocycles. The first-order valence-corrected chi connectivity index (χ1v) is 10.7. The molecule has 6 nitrogen and oxygen atoms in total. The number of hydrogen-bond donors (Lipinski definition) is 3. The first-order chi connectivity index (χ1) is 13.6. The maximum atomic E-state index is 12.1. The van der Waals surface area contributed by atoms with Gasteiger partial charge in [-0.2, -0.15) is 11.8 Å². The molecule has 0 aliphatic carbocycles. The third-order valence-electron chi connectivity index (χ3n) is 4.62. The molecule has 158 valence electrons. The normalized spacial score (nSPS) is 18.8. The van der Waals surface area contributed by atoms with Gasteiger partial charge in [0, 0.05) is 23.5 Å². The van der Waals surface area contributed by atoms with Crippen LogP contribution in [0.4, 0.5) is 5.69 Å². The number of thioether (sulfide) groups is 1. The number of benzene rings is 1. The molecule has 3 rings (SSSR count). The molecular weight excluding hydrogens is 499 g/mol. The second-order valence-electron chi connectivity index (χ2n) is 7.08. The van der Waals surface area contributed by atoms with Gasteiger partial charge < -0.3 is 20.4 Å². The van der Waals surface area contributed by atoms with Crippen LogP contribution in [-0.2, 0) is 6.54 Å². The predicted octanol–water partition coefficient (Wildman–Crippen LogP) is 4.49. The molecule has 1 fully saturated rings. The number of rotatable bonds is 7. The molecule has 2 aromatic rings. The van der Waals surface area contributed by atoms with Crippen molar-refractivity contribution in [2.75, 3.05) is 24.2 Å². The number of halogens is 1. The van der Waals surface area contributed by atoms with Gasteiger partial charge in [0.2, 0.25) is 0 Å². The van der Waals surface area contributed by atoms with Crippen LogP contribution in [0.5, 0.6) is 0 Å². The Kier molecular flexibility index (Phi) is 9.35. The van der Waals surface area contributed by atoms with E-state index in [2.05, 4.69) is 29.8 Å². The highest BCUT2D eigenvalue weighted by atomic mass is 127. The molecule has 1 aliphatic heterocycles. The van der Waals surface area contributed by atoms with E-state index in [4.69, 9.17) is 9.41 Å². The van der Waals surface area contributed by atoms with Crippen LogP contribution in [-0.4, -0.2) is 35.5 Å². The Morgan fingerprint density at radius 3 is 2.83 bits per heavy atom. The zero-order chi connectivity index (χ0) is 19.8. The van der Waals surface area contributed by atoms with Crippen LogP contribution in [0.1, 0.15) is 42.8 Å². The fourth-order valence-corrected chi connectivity index (χ4v) is 4.35. The quantitative estimate of drug-likeness (QED) is 0.281. The van der Waals surface area contributed by atoms with E-state index in [9.17, 15) is 4.79 Å². The first kappa shape index (κ1) is 23.6. The largest absolute Gasteiger partial charge is 0.459 e. The number of guanidine groups is 1. The third-order valence-corrected chi connectivity index (χ3v) is 6.16. The zero-order valence-corrected chi connectivity index (χ0v) is 20.0. The molecule has 3 N–H and O–H groups in total. The topological polar surface area (TPSA) is 78.7 Å². The van der Waals surface area contributed by atoms with Crippen molar-refractivity contribution in [3.63, 3.8) is 0 Å². The van der Waals surface area contributed by atoms with Crippen molar-refractivity contribution >= 4 is 53.3 Å². The van der Waals surface area contributed by atoms with Crippen molar-refractivity contribution in [3.05, 3.63) is 54.0 Å². The van der Waals surface area contributed by atoms with Gasteiger partial charge >= 0.3 is 0 Å². The molecule has 0 spiro atoms. The van der Waals surface area contributed by atoms with Gasteiger partial charge in [-0.1, -0.05) is 12.1 Å². The lowest BCUT2D eigenvalue weighted by Crippen LogP contribution is -2.43. The van der Waals surface area contributed by atoms with Crippen molar-refractivity contribution in [1.29, 1.82) is 0 Å². The molecule has 0 saturated carbocycles. The number of aliphatic imine (C=N–C) groups is 1. The Hall–Kier alpha value is -1.68. The lowest BCUT2D eigenvalue weighted by molar-refractivity contribution is 0.0996. The summed E-state index contributed by atoms with van der Waals surface area (Å²) in [6.07, 6.45) is 4.01. The van der Waals surface area contributed by atoms with Gasteiger partial charge in [-0.15, -0.1) is 24.0 Å². The van der Waals surface area contributed by atoms with Gasteiger partial charge in [0.25, 0.3) is 5.91 Å². The summed E-state index contributed by atoms with van der Waals surface area (Å²) in [5.74, 6) is 2.09. The SMILES string of the molecule is CCNC(=NCc1cccc(NC(=O)c2ccco2)c1)NCC1(C)CCCS1.I. The number of carbonyl (C=O) groups is 1. The van der Waals surface area contributed by atoms with Crippen LogP contribution in [0.2, 0.25) is 0 Å². The van der Waals surface area contributed by atoms with Gasteiger partial charge in [-0.25, -0.2) is 4.99 Å². The minimum absolute atomic E-state index is 0. The number of nitrogens with zero attached hydrogens (tertiary/aromatic N) is 1. The molecule has 1 atom stereocenters. The van der Waals surface area contributed by atoms with Crippen LogP contribution in [0, 0.1) is 0 Å². The maximum absolute atomic E-state index is 12.1. The van der Waals surface area contributed by atoms with E-state index in [0.29, 0.717) is 12.3 Å². The molecule has 1 amide bonds. The van der Waals surface area contributed by atoms with Crippen LogP contribution >= 0.6 is 35.7 Å². The van der Waals surface area contributed by atoms with E-state index in [-0.39, 0.29) is 34.6 Å². The van der Waals surface area contributed by atoms with Crippen LogP contribution < -0.4 is 16.0 Å². The number of anilines is 1. The number of nitrogens with one attached hydrogen (secondary N) is 3. The number of furan rings is 1. The molecule has 1 aromatic carbocycles. The molecule has 1 aliphatic rings. The minimum Gasteiger partial charge on any atom is -0.459 e. The highest BCUT2D eigenvalue weighted by Gasteiger charge is 2.29. The highest BCUT2D eigenvalue weighted by molar-refractivity contribution is 14.0. The van der Waals surface area contributed by atoms with Crippen molar-refractivity contribution < 1.29 is 9.21 Å². The number of carbonyl (C=O) groups excluding carboxylic acids is 1. The Morgan fingerprint density at radius 1 is 1.28 bits per heavy atom. The second-order valence-corrected chi connectivity index (χ2v) is 8.76. The van der Waals surface area contributed by atoms with Crippen molar-refractivity contribution in [2.45, 2.75) is 38.0 Å². The second kappa shape index (κ2) is 11.5. The smallest absolute Gasteiger partial charge is 0.291 e. The fourth-order valence-electron chi connectivity index (χ4n) is 3.11. The van der Waals surface area contributed by atoms with Crippen LogP contribution in [0.3, 0.4) is 0 Å². The summed E-state index contributed by atoms with van der Waals surface area (Å²) in [6.45, 7) is 6.63. The molecule has 2 heterocycles. The van der Waals surface area contributed by atoms with Crippen molar-refractivity contribution in [2.24, 2.45) is 4.99 Å². The molecule has 8 heteroatoms. The fraction of sp³-hybridized carbons (Fsp3) is 0.429. The molecule has 0 radical (unpaired) electrons. The van der Waals surface area contributed by atoms with Crippen molar-refractivity contribution in [1.82, 2.24) is 10.6 Å². The molecule has 29 heavy (non-hydrogen) atoms.